The Kier molecular flexibility index (Phi) is 7.44. The number of thioether (sulfide) groups is 1. The Bertz CT molecular complexity index is 989. The average Bonchev–Trinajstić information content (AvgIpc) is 3.39. The van der Waals surface area contributed by atoms with Gasteiger partial charge in [-0.15, -0.1) is 28.1 Å². The standard InChI is InChI=1S/C18H19N5O3S3/c1-4-7-19-16-22-23-18(29-16)28-10-15(24)21-17-20-13(9-27-17)12-6-5-11(25-2)8-14(12)26-3/h4-6,8-9H,1,7,10H2,2-3H3,(H,19,22)(H,20,21,24). The number of thiazole rings is 1. The van der Waals surface area contributed by atoms with Crippen molar-refractivity contribution < 1.29 is 14.3 Å². The van der Waals surface area contributed by atoms with Crippen LogP contribution in [-0.2, 0) is 4.79 Å². The lowest BCUT2D eigenvalue weighted by Crippen LogP contribution is -2.13. The van der Waals surface area contributed by atoms with Gasteiger partial charge in [0.25, 0.3) is 0 Å². The second-order valence-electron chi connectivity index (χ2n) is 5.48. The number of amides is 1. The monoisotopic (exact) mass is 449 g/mol. The Morgan fingerprint density at radius 3 is 2.90 bits per heavy atom. The fraction of sp³-hybridized carbons (Fsp3) is 0.222. The number of nitrogens with zero attached hydrogens (tertiary/aromatic N) is 3. The zero-order valence-corrected chi connectivity index (χ0v) is 18.2. The SMILES string of the molecule is C=CCNc1nnc(SCC(=O)Nc2nc(-c3ccc(OC)cc3OC)cs2)s1. The van der Waals surface area contributed by atoms with E-state index >= 15 is 0 Å². The van der Waals surface area contributed by atoms with Crippen molar-refractivity contribution in [2.45, 2.75) is 4.34 Å². The molecular formula is C18H19N5O3S3. The van der Waals surface area contributed by atoms with Crippen LogP contribution < -0.4 is 20.1 Å². The molecule has 3 rings (SSSR count). The van der Waals surface area contributed by atoms with Crippen LogP contribution in [0.5, 0.6) is 11.5 Å². The third-order valence-electron chi connectivity index (χ3n) is 3.57. The first-order chi connectivity index (χ1) is 14.1. The topological polar surface area (TPSA) is 98.3 Å². The Morgan fingerprint density at radius 2 is 2.14 bits per heavy atom. The normalized spacial score (nSPS) is 10.4. The van der Waals surface area contributed by atoms with Gasteiger partial charge < -0.3 is 20.1 Å². The highest BCUT2D eigenvalue weighted by Gasteiger charge is 2.14. The summed E-state index contributed by atoms with van der Waals surface area (Å²) in [7, 11) is 3.19. The van der Waals surface area contributed by atoms with E-state index in [4.69, 9.17) is 9.47 Å². The molecule has 0 aliphatic heterocycles. The molecule has 0 bridgehead atoms. The van der Waals surface area contributed by atoms with Crippen LogP contribution in [0.15, 0.2) is 40.6 Å². The maximum absolute atomic E-state index is 12.2. The number of nitrogens with one attached hydrogen (secondary N) is 2. The van der Waals surface area contributed by atoms with Gasteiger partial charge in [-0.25, -0.2) is 4.98 Å². The number of methoxy groups -OCH3 is 2. The highest BCUT2D eigenvalue weighted by Crippen LogP contribution is 2.35. The molecule has 2 heterocycles. The summed E-state index contributed by atoms with van der Waals surface area (Å²) < 4.78 is 11.4. The summed E-state index contributed by atoms with van der Waals surface area (Å²) in [5.74, 6) is 1.41. The highest BCUT2D eigenvalue weighted by atomic mass is 32.2. The molecule has 0 aliphatic rings. The first-order valence-electron chi connectivity index (χ1n) is 8.41. The third kappa shape index (κ3) is 5.68. The van der Waals surface area contributed by atoms with E-state index in [0.717, 1.165) is 15.6 Å². The van der Waals surface area contributed by atoms with E-state index in [1.807, 2.05) is 17.5 Å². The number of hydrogen-bond acceptors (Lipinski definition) is 10. The minimum atomic E-state index is -0.159. The van der Waals surface area contributed by atoms with Gasteiger partial charge in [0.05, 0.1) is 25.7 Å². The van der Waals surface area contributed by atoms with Gasteiger partial charge in [0.2, 0.25) is 11.0 Å². The summed E-state index contributed by atoms with van der Waals surface area (Å²) in [5, 5.41) is 17.0. The molecule has 0 radical (unpaired) electrons. The number of ether oxygens (including phenoxy) is 2. The summed E-state index contributed by atoms with van der Waals surface area (Å²) in [6.45, 7) is 4.25. The molecule has 0 saturated heterocycles. The summed E-state index contributed by atoms with van der Waals surface area (Å²) in [6, 6.07) is 5.51. The van der Waals surface area contributed by atoms with Crippen molar-refractivity contribution in [1.29, 1.82) is 0 Å². The van der Waals surface area contributed by atoms with E-state index < -0.39 is 0 Å². The molecule has 1 amide bonds. The van der Waals surface area contributed by atoms with Crippen molar-refractivity contribution in [2.75, 3.05) is 37.2 Å². The molecule has 0 aliphatic carbocycles. The average molecular weight is 450 g/mol. The van der Waals surface area contributed by atoms with Crippen molar-refractivity contribution in [3.63, 3.8) is 0 Å². The summed E-state index contributed by atoms with van der Waals surface area (Å²) in [4.78, 5) is 16.7. The lowest BCUT2D eigenvalue weighted by atomic mass is 10.1. The van der Waals surface area contributed by atoms with Gasteiger partial charge in [-0.2, -0.15) is 0 Å². The number of aromatic nitrogens is 3. The number of carbonyl (C=O) groups is 1. The molecule has 0 saturated carbocycles. The van der Waals surface area contributed by atoms with E-state index in [1.54, 1.807) is 26.4 Å². The molecule has 0 atom stereocenters. The van der Waals surface area contributed by atoms with Crippen LogP contribution in [0.1, 0.15) is 0 Å². The van der Waals surface area contributed by atoms with E-state index in [0.29, 0.717) is 28.3 Å². The largest absolute Gasteiger partial charge is 0.497 e. The Labute approximate surface area is 180 Å². The van der Waals surface area contributed by atoms with Crippen LogP contribution >= 0.6 is 34.4 Å². The summed E-state index contributed by atoms with van der Waals surface area (Å²) in [6.07, 6.45) is 1.74. The van der Waals surface area contributed by atoms with Crippen LogP contribution in [0.2, 0.25) is 0 Å². The van der Waals surface area contributed by atoms with Crippen molar-refractivity contribution in [2.24, 2.45) is 0 Å². The number of benzene rings is 1. The van der Waals surface area contributed by atoms with Crippen molar-refractivity contribution in [3.8, 4) is 22.8 Å². The molecule has 152 valence electrons. The number of carbonyl (C=O) groups excluding carboxylic acids is 1. The van der Waals surface area contributed by atoms with E-state index in [-0.39, 0.29) is 11.7 Å². The molecule has 29 heavy (non-hydrogen) atoms. The molecular weight excluding hydrogens is 430 g/mol. The quantitative estimate of drug-likeness (QED) is 0.354. The van der Waals surface area contributed by atoms with Gasteiger partial charge in [0.15, 0.2) is 9.47 Å². The molecule has 0 fully saturated rings. The molecule has 1 aromatic carbocycles. The maximum Gasteiger partial charge on any atom is 0.236 e. The smallest absolute Gasteiger partial charge is 0.236 e. The van der Waals surface area contributed by atoms with Crippen molar-refractivity contribution in [3.05, 3.63) is 36.2 Å². The van der Waals surface area contributed by atoms with Gasteiger partial charge in [-0.3, -0.25) is 4.79 Å². The fourth-order valence-electron chi connectivity index (χ4n) is 2.25. The first-order valence-corrected chi connectivity index (χ1v) is 11.1. The van der Waals surface area contributed by atoms with Crippen LogP contribution in [0.4, 0.5) is 10.3 Å². The summed E-state index contributed by atoms with van der Waals surface area (Å²) >= 11 is 4.07. The van der Waals surface area contributed by atoms with Gasteiger partial charge in [0.1, 0.15) is 11.5 Å². The molecule has 3 aromatic rings. The third-order valence-corrected chi connectivity index (χ3v) is 6.34. The lowest BCUT2D eigenvalue weighted by Gasteiger charge is -2.08. The first kappa shape index (κ1) is 21.1. The number of hydrogen-bond donors (Lipinski definition) is 2. The molecule has 11 heteroatoms. The van der Waals surface area contributed by atoms with Gasteiger partial charge in [0, 0.05) is 23.6 Å². The summed E-state index contributed by atoms with van der Waals surface area (Å²) in [5.41, 5.74) is 1.55. The molecule has 0 spiro atoms. The zero-order chi connectivity index (χ0) is 20.6. The van der Waals surface area contributed by atoms with Gasteiger partial charge in [-0.05, 0) is 12.1 Å². The minimum Gasteiger partial charge on any atom is -0.497 e. The van der Waals surface area contributed by atoms with E-state index in [9.17, 15) is 4.79 Å². The zero-order valence-electron chi connectivity index (χ0n) is 15.8. The molecule has 0 unspecified atom stereocenters. The Hall–Kier alpha value is -2.63. The van der Waals surface area contributed by atoms with Crippen molar-refractivity contribution in [1.82, 2.24) is 15.2 Å². The number of rotatable bonds is 10. The second-order valence-corrected chi connectivity index (χ2v) is 8.54. The molecule has 2 N–H and O–H groups in total. The predicted octanol–water partition coefficient (Wildman–Crippen LogP) is 4.01. The van der Waals surface area contributed by atoms with Crippen molar-refractivity contribution >= 4 is 50.6 Å². The molecule has 8 nitrogen and oxygen atoms in total. The van der Waals surface area contributed by atoms with Crippen LogP contribution in [0.3, 0.4) is 0 Å². The minimum absolute atomic E-state index is 0.159. The van der Waals surface area contributed by atoms with Crippen LogP contribution in [-0.4, -0.2) is 47.6 Å². The van der Waals surface area contributed by atoms with Crippen LogP contribution in [0.25, 0.3) is 11.3 Å². The Balaban J connectivity index is 1.58. The van der Waals surface area contributed by atoms with E-state index in [1.165, 1.54) is 34.4 Å². The van der Waals surface area contributed by atoms with Gasteiger partial charge in [-0.1, -0.05) is 29.2 Å². The highest BCUT2D eigenvalue weighted by molar-refractivity contribution is 8.01. The number of anilines is 2. The maximum atomic E-state index is 12.2. The van der Waals surface area contributed by atoms with Gasteiger partial charge >= 0.3 is 0 Å². The fourth-order valence-corrected chi connectivity index (χ4v) is 4.53. The molecule has 2 aromatic heterocycles. The Morgan fingerprint density at radius 1 is 1.28 bits per heavy atom. The van der Waals surface area contributed by atoms with E-state index in [2.05, 4.69) is 32.4 Å². The van der Waals surface area contributed by atoms with Crippen LogP contribution in [0, 0.1) is 0 Å². The lowest BCUT2D eigenvalue weighted by molar-refractivity contribution is -0.113. The predicted molar refractivity (Wildman–Crippen MR) is 119 cm³/mol. The second kappa shape index (κ2) is 10.2.